The Hall–Kier alpha value is -3.16. The van der Waals surface area contributed by atoms with E-state index in [9.17, 15) is 13.6 Å². The molecule has 0 saturated heterocycles. The summed E-state index contributed by atoms with van der Waals surface area (Å²) in [5.41, 5.74) is 4.93. The Labute approximate surface area is 162 Å². The van der Waals surface area contributed by atoms with Gasteiger partial charge in [-0.1, -0.05) is 24.3 Å². The molecule has 28 heavy (non-hydrogen) atoms. The zero-order chi connectivity index (χ0) is 20.4. The largest absolute Gasteiger partial charge is 0.495 e. The lowest BCUT2D eigenvalue weighted by molar-refractivity contribution is -0.119. The molecule has 2 N–H and O–H groups in total. The van der Waals surface area contributed by atoms with Crippen molar-refractivity contribution in [3.05, 3.63) is 54.1 Å². The van der Waals surface area contributed by atoms with E-state index in [0.717, 1.165) is 17.0 Å². The number of hydrogen-bond acceptors (Lipinski definition) is 5. The number of anilines is 1. The summed E-state index contributed by atoms with van der Waals surface area (Å²) in [6, 6.07) is 13.8. The van der Waals surface area contributed by atoms with E-state index in [-0.39, 0.29) is 18.2 Å². The molecule has 0 saturated carbocycles. The number of hydrazone groups is 1. The van der Waals surface area contributed by atoms with Crippen LogP contribution in [-0.4, -0.2) is 31.9 Å². The molecular weight excluding hydrogens is 368 g/mol. The number of hydrogen-bond donors (Lipinski definition) is 2. The van der Waals surface area contributed by atoms with Crippen LogP contribution in [0, 0.1) is 0 Å². The van der Waals surface area contributed by atoms with E-state index in [1.165, 1.54) is 12.1 Å². The number of nitrogens with one attached hydrogen (secondary N) is 2. The normalized spacial score (nSPS) is 11.2. The molecule has 0 aliphatic heterocycles. The highest BCUT2D eigenvalue weighted by molar-refractivity contribution is 5.86. The predicted molar refractivity (Wildman–Crippen MR) is 104 cm³/mol. The van der Waals surface area contributed by atoms with Crippen LogP contribution in [0.5, 0.6) is 11.5 Å². The van der Waals surface area contributed by atoms with Gasteiger partial charge in [0.05, 0.1) is 19.3 Å². The molecule has 2 aromatic rings. The van der Waals surface area contributed by atoms with Crippen molar-refractivity contribution < 1.29 is 23.0 Å². The summed E-state index contributed by atoms with van der Waals surface area (Å²) in [5, 5.41) is 7.07. The van der Waals surface area contributed by atoms with Crippen LogP contribution in [0.3, 0.4) is 0 Å². The number of aryl methyl sites for hydroxylation is 1. The van der Waals surface area contributed by atoms with Crippen molar-refractivity contribution in [2.75, 3.05) is 19.0 Å². The Kier molecular flexibility index (Phi) is 8.20. The maximum Gasteiger partial charge on any atom is 0.387 e. The molecule has 0 fully saturated rings. The van der Waals surface area contributed by atoms with Crippen LogP contribution in [0.4, 0.5) is 14.5 Å². The van der Waals surface area contributed by atoms with Gasteiger partial charge in [0, 0.05) is 5.71 Å². The quantitative estimate of drug-likeness (QED) is 0.477. The van der Waals surface area contributed by atoms with Crippen LogP contribution >= 0.6 is 0 Å². The summed E-state index contributed by atoms with van der Waals surface area (Å²) in [6.45, 7) is -0.966. The topological polar surface area (TPSA) is 72.0 Å². The second-order valence-corrected chi connectivity index (χ2v) is 5.96. The van der Waals surface area contributed by atoms with E-state index >= 15 is 0 Å². The second-order valence-electron chi connectivity index (χ2n) is 5.96. The third-order valence-corrected chi connectivity index (χ3v) is 3.84. The van der Waals surface area contributed by atoms with E-state index < -0.39 is 6.61 Å². The number of nitrogens with zero attached hydrogens (tertiary/aromatic N) is 1. The Morgan fingerprint density at radius 2 is 1.86 bits per heavy atom. The minimum absolute atomic E-state index is 0.0583. The van der Waals surface area contributed by atoms with Gasteiger partial charge in [0.15, 0.2) is 0 Å². The fourth-order valence-electron chi connectivity index (χ4n) is 2.38. The van der Waals surface area contributed by atoms with E-state index in [1.54, 1.807) is 25.3 Å². The van der Waals surface area contributed by atoms with Crippen molar-refractivity contribution in [3.63, 3.8) is 0 Å². The SMILES string of the molecule is COc1ccccc1NCC(=O)N/N=C(/C)CCc1ccc(OC(F)F)cc1. The molecule has 2 rings (SSSR count). The maximum absolute atomic E-state index is 12.1. The summed E-state index contributed by atoms with van der Waals surface area (Å²) in [7, 11) is 1.56. The first-order valence-electron chi connectivity index (χ1n) is 8.70. The van der Waals surface area contributed by atoms with Crippen molar-refractivity contribution >= 4 is 17.3 Å². The van der Waals surface area contributed by atoms with E-state index in [0.29, 0.717) is 18.6 Å². The van der Waals surface area contributed by atoms with Crippen LogP contribution in [0.15, 0.2) is 53.6 Å². The number of halogens is 2. The number of rotatable bonds is 10. The molecule has 0 atom stereocenters. The summed E-state index contributed by atoms with van der Waals surface area (Å²) >= 11 is 0. The number of carbonyl (C=O) groups excluding carboxylic acids is 1. The molecule has 1 amide bonds. The zero-order valence-electron chi connectivity index (χ0n) is 15.7. The number of methoxy groups -OCH3 is 1. The number of carbonyl (C=O) groups is 1. The van der Waals surface area contributed by atoms with Gasteiger partial charge in [-0.05, 0) is 49.6 Å². The lowest BCUT2D eigenvalue weighted by Gasteiger charge is -2.10. The number of ether oxygens (including phenoxy) is 2. The molecule has 0 spiro atoms. The summed E-state index contributed by atoms with van der Waals surface area (Å²) < 4.78 is 33.8. The van der Waals surface area contributed by atoms with Gasteiger partial charge in [-0.25, -0.2) is 5.43 Å². The Bertz CT molecular complexity index is 796. The minimum Gasteiger partial charge on any atom is -0.495 e. The lowest BCUT2D eigenvalue weighted by Crippen LogP contribution is -2.26. The molecule has 150 valence electrons. The fraction of sp³-hybridized carbons (Fsp3) is 0.300. The molecule has 0 aliphatic carbocycles. The van der Waals surface area contributed by atoms with Gasteiger partial charge in [0.2, 0.25) is 0 Å². The van der Waals surface area contributed by atoms with Crippen LogP contribution in [0.1, 0.15) is 18.9 Å². The number of alkyl halides is 2. The molecule has 0 unspecified atom stereocenters. The van der Waals surface area contributed by atoms with Crippen LogP contribution in [0.2, 0.25) is 0 Å². The Balaban J connectivity index is 1.75. The highest BCUT2D eigenvalue weighted by Crippen LogP contribution is 2.22. The molecule has 0 radical (unpaired) electrons. The average molecular weight is 391 g/mol. The molecule has 2 aromatic carbocycles. The number of benzene rings is 2. The molecule has 0 bridgehead atoms. The van der Waals surface area contributed by atoms with Crippen LogP contribution < -0.4 is 20.2 Å². The Morgan fingerprint density at radius 3 is 2.54 bits per heavy atom. The maximum atomic E-state index is 12.1. The first-order chi connectivity index (χ1) is 13.5. The standard InChI is InChI=1S/C20H23F2N3O3/c1-14(7-8-15-9-11-16(12-10-15)28-20(21)22)24-25-19(26)13-23-17-5-3-4-6-18(17)27-2/h3-6,9-12,20,23H,7-8,13H2,1-2H3,(H,25,26)/b24-14-. The molecular formula is C20H23F2N3O3. The predicted octanol–water partition coefficient (Wildman–Crippen LogP) is 3.83. The molecule has 0 aliphatic rings. The zero-order valence-corrected chi connectivity index (χ0v) is 15.7. The second kappa shape index (κ2) is 10.9. The van der Waals surface area contributed by atoms with Crippen molar-refractivity contribution in [3.8, 4) is 11.5 Å². The van der Waals surface area contributed by atoms with Crippen molar-refractivity contribution in [1.29, 1.82) is 0 Å². The highest BCUT2D eigenvalue weighted by atomic mass is 19.3. The van der Waals surface area contributed by atoms with E-state index in [4.69, 9.17) is 4.74 Å². The van der Waals surface area contributed by atoms with Gasteiger partial charge < -0.3 is 14.8 Å². The van der Waals surface area contributed by atoms with Crippen LogP contribution in [-0.2, 0) is 11.2 Å². The van der Waals surface area contributed by atoms with Crippen molar-refractivity contribution in [2.24, 2.45) is 5.10 Å². The molecule has 6 nitrogen and oxygen atoms in total. The fourth-order valence-corrected chi connectivity index (χ4v) is 2.38. The van der Waals surface area contributed by atoms with E-state index in [1.807, 2.05) is 25.1 Å². The lowest BCUT2D eigenvalue weighted by atomic mass is 10.1. The smallest absolute Gasteiger partial charge is 0.387 e. The average Bonchev–Trinajstić information content (AvgIpc) is 2.70. The number of para-hydroxylation sites is 2. The van der Waals surface area contributed by atoms with Gasteiger partial charge in [0.1, 0.15) is 11.5 Å². The summed E-state index contributed by atoms with van der Waals surface area (Å²) in [5.74, 6) is 0.498. The molecule has 8 heteroatoms. The Morgan fingerprint density at radius 1 is 1.14 bits per heavy atom. The van der Waals surface area contributed by atoms with Crippen LogP contribution in [0.25, 0.3) is 0 Å². The van der Waals surface area contributed by atoms with Crippen molar-refractivity contribution in [1.82, 2.24) is 5.43 Å². The van der Waals surface area contributed by atoms with Gasteiger partial charge in [-0.3, -0.25) is 4.79 Å². The van der Waals surface area contributed by atoms with Gasteiger partial charge in [0.25, 0.3) is 5.91 Å². The van der Waals surface area contributed by atoms with Crippen molar-refractivity contribution in [2.45, 2.75) is 26.4 Å². The third kappa shape index (κ3) is 7.22. The molecule has 0 aromatic heterocycles. The molecule has 0 heterocycles. The summed E-state index contributed by atoms with van der Waals surface area (Å²) in [4.78, 5) is 11.9. The van der Waals surface area contributed by atoms with Gasteiger partial charge in [-0.15, -0.1) is 0 Å². The monoisotopic (exact) mass is 391 g/mol. The first-order valence-corrected chi connectivity index (χ1v) is 8.70. The van der Waals surface area contributed by atoms with Gasteiger partial charge in [-0.2, -0.15) is 13.9 Å². The highest BCUT2D eigenvalue weighted by Gasteiger charge is 2.06. The number of amides is 1. The third-order valence-electron chi connectivity index (χ3n) is 3.84. The first kappa shape index (κ1) is 21.1. The van der Waals surface area contributed by atoms with Gasteiger partial charge >= 0.3 is 6.61 Å². The summed E-state index contributed by atoms with van der Waals surface area (Å²) in [6.07, 6.45) is 1.29. The minimum atomic E-state index is -2.83. The van der Waals surface area contributed by atoms with E-state index in [2.05, 4.69) is 20.6 Å².